The van der Waals surface area contributed by atoms with Crippen LogP contribution in [0.5, 0.6) is 5.75 Å². The van der Waals surface area contributed by atoms with Crippen molar-refractivity contribution in [3.05, 3.63) is 29.5 Å². The van der Waals surface area contributed by atoms with Crippen LogP contribution < -0.4 is 0 Å². The fourth-order valence-corrected chi connectivity index (χ4v) is 2.61. The predicted molar refractivity (Wildman–Crippen MR) is 64.7 cm³/mol. The minimum Gasteiger partial charge on any atom is -0.506 e. The number of aromatic nitrogens is 1. The van der Waals surface area contributed by atoms with Gasteiger partial charge < -0.3 is 10.1 Å². The number of hydrogen-bond donors (Lipinski definition) is 2. The van der Waals surface area contributed by atoms with Crippen LogP contribution in [0.15, 0.2) is 18.2 Å². The maximum Gasteiger partial charge on any atom is 0.139 e. The Morgan fingerprint density at radius 1 is 1.44 bits per heavy atom. The second kappa shape index (κ2) is 3.25. The monoisotopic (exact) mass is 216 g/mol. The zero-order valence-corrected chi connectivity index (χ0v) is 9.62. The van der Waals surface area contributed by atoms with Gasteiger partial charge in [-0.2, -0.15) is 0 Å². The lowest BCUT2D eigenvalue weighted by Crippen LogP contribution is -2.30. The lowest BCUT2D eigenvalue weighted by molar-refractivity contribution is 0.244. The molecule has 1 aromatic heterocycles. The molecule has 0 amide bonds. The summed E-state index contributed by atoms with van der Waals surface area (Å²) in [6, 6.07) is 6.13. The average Bonchev–Trinajstić information content (AvgIpc) is 2.65. The first-order valence-corrected chi connectivity index (χ1v) is 5.71. The van der Waals surface area contributed by atoms with Crippen LogP contribution >= 0.6 is 0 Å². The van der Waals surface area contributed by atoms with E-state index in [1.54, 1.807) is 6.07 Å². The van der Waals surface area contributed by atoms with E-state index < -0.39 is 0 Å². The van der Waals surface area contributed by atoms with E-state index >= 15 is 0 Å². The molecule has 0 saturated heterocycles. The molecule has 2 N–H and O–H groups in total. The topological polar surface area (TPSA) is 39.3 Å². The standard InChI is InChI=1S/C13H16N2O/c1-8-12-10(6-7-15(8)2)9-4-3-5-11(16)13(9)14-12/h3-5,8,14,16H,6-7H2,1-2H3/t8-/m0/s1. The van der Waals surface area contributed by atoms with Gasteiger partial charge in [0.2, 0.25) is 0 Å². The van der Waals surface area contributed by atoms with Crippen LogP contribution in [0.25, 0.3) is 10.9 Å². The van der Waals surface area contributed by atoms with Crippen molar-refractivity contribution in [1.82, 2.24) is 9.88 Å². The molecular formula is C13H16N2O. The van der Waals surface area contributed by atoms with E-state index in [4.69, 9.17) is 0 Å². The van der Waals surface area contributed by atoms with Gasteiger partial charge in [0.05, 0.1) is 5.52 Å². The van der Waals surface area contributed by atoms with E-state index in [9.17, 15) is 5.11 Å². The van der Waals surface area contributed by atoms with Gasteiger partial charge in [0.15, 0.2) is 0 Å². The van der Waals surface area contributed by atoms with Gasteiger partial charge in [-0.25, -0.2) is 0 Å². The molecule has 3 rings (SSSR count). The molecule has 0 aliphatic carbocycles. The van der Waals surface area contributed by atoms with E-state index in [2.05, 4.69) is 29.9 Å². The van der Waals surface area contributed by atoms with Crippen LogP contribution in [0.4, 0.5) is 0 Å². The maximum atomic E-state index is 9.83. The molecule has 3 heteroatoms. The number of nitrogens with zero attached hydrogens (tertiary/aromatic N) is 1. The Balaban J connectivity index is 2.30. The molecule has 3 nitrogen and oxygen atoms in total. The lowest BCUT2D eigenvalue weighted by atomic mass is 9.99. The molecule has 0 bridgehead atoms. The van der Waals surface area contributed by atoms with Crippen LogP contribution in [0.2, 0.25) is 0 Å². The number of phenols is 1. The van der Waals surface area contributed by atoms with Crippen molar-refractivity contribution >= 4 is 10.9 Å². The molecule has 0 fully saturated rings. The quantitative estimate of drug-likeness (QED) is 0.710. The number of aromatic amines is 1. The Morgan fingerprint density at radius 2 is 2.25 bits per heavy atom. The van der Waals surface area contributed by atoms with Crippen LogP contribution in [0, 0.1) is 0 Å². The third-order valence-corrected chi connectivity index (χ3v) is 3.75. The fraction of sp³-hybridized carbons (Fsp3) is 0.385. The molecule has 0 radical (unpaired) electrons. The van der Waals surface area contributed by atoms with Gasteiger partial charge in [0.1, 0.15) is 5.75 Å². The average molecular weight is 216 g/mol. The van der Waals surface area contributed by atoms with E-state index in [0.29, 0.717) is 11.8 Å². The number of fused-ring (bicyclic) bond motifs is 3. The number of para-hydroxylation sites is 1. The van der Waals surface area contributed by atoms with Gasteiger partial charge in [0.25, 0.3) is 0 Å². The third-order valence-electron chi connectivity index (χ3n) is 3.75. The summed E-state index contributed by atoms with van der Waals surface area (Å²) in [5.41, 5.74) is 3.51. The molecule has 2 aromatic rings. The van der Waals surface area contributed by atoms with Crippen molar-refractivity contribution < 1.29 is 5.11 Å². The van der Waals surface area contributed by atoms with Crippen LogP contribution in [-0.2, 0) is 6.42 Å². The highest BCUT2D eigenvalue weighted by molar-refractivity contribution is 5.89. The summed E-state index contributed by atoms with van der Waals surface area (Å²) in [5, 5.41) is 11.0. The smallest absolute Gasteiger partial charge is 0.139 e. The minimum atomic E-state index is 0.349. The highest BCUT2D eigenvalue weighted by atomic mass is 16.3. The van der Waals surface area contributed by atoms with Gasteiger partial charge in [-0.05, 0) is 32.0 Å². The summed E-state index contributed by atoms with van der Waals surface area (Å²) >= 11 is 0. The zero-order valence-electron chi connectivity index (χ0n) is 9.62. The van der Waals surface area contributed by atoms with E-state index in [1.807, 2.05) is 6.07 Å². The van der Waals surface area contributed by atoms with Crippen LogP contribution in [0.3, 0.4) is 0 Å². The number of nitrogens with one attached hydrogen (secondary N) is 1. The Hall–Kier alpha value is -1.48. The summed E-state index contributed by atoms with van der Waals surface area (Å²) in [4.78, 5) is 5.70. The van der Waals surface area contributed by atoms with Crippen molar-refractivity contribution in [2.45, 2.75) is 19.4 Å². The number of phenolic OH excluding ortho intramolecular Hbond substituents is 1. The van der Waals surface area contributed by atoms with Gasteiger partial charge >= 0.3 is 0 Å². The molecule has 84 valence electrons. The molecular weight excluding hydrogens is 200 g/mol. The fourth-order valence-electron chi connectivity index (χ4n) is 2.61. The van der Waals surface area contributed by atoms with Gasteiger partial charge in [-0.15, -0.1) is 0 Å². The number of H-pyrrole nitrogens is 1. The number of aromatic hydroxyl groups is 1. The van der Waals surface area contributed by atoms with Crippen LogP contribution in [-0.4, -0.2) is 28.6 Å². The first-order valence-electron chi connectivity index (χ1n) is 5.71. The molecule has 0 spiro atoms. The third kappa shape index (κ3) is 1.18. The second-order valence-electron chi connectivity index (χ2n) is 4.62. The molecule has 0 unspecified atom stereocenters. The highest BCUT2D eigenvalue weighted by Crippen LogP contribution is 2.36. The van der Waals surface area contributed by atoms with Crippen LogP contribution in [0.1, 0.15) is 24.2 Å². The SMILES string of the molecule is C[C@H]1c2[nH]c3c(O)cccc3c2CCN1C. The summed E-state index contributed by atoms with van der Waals surface area (Å²) < 4.78 is 0. The number of benzene rings is 1. The Kier molecular flexibility index (Phi) is 1.98. The second-order valence-corrected chi connectivity index (χ2v) is 4.62. The van der Waals surface area contributed by atoms with Gasteiger partial charge in [-0.3, -0.25) is 4.90 Å². The number of rotatable bonds is 0. The lowest BCUT2D eigenvalue weighted by Gasteiger charge is -2.29. The number of hydrogen-bond acceptors (Lipinski definition) is 2. The zero-order chi connectivity index (χ0) is 11.3. The molecule has 16 heavy (non-hydrogen) atoms. The molecule has 1 aliphatic heterocycles. The maximum absolute atomic E-state index is 9.83. The predicted octanol–water partition coefficient (Wildman–Crippen LogP) is 2.42. The van der Waals surface area contributed by atoms with Crippen molar-refractivity contribution in [3.8, 4) is 5.75 Å². The van der Waals surface area contributed by atoms with E-state index in [-0.39, 0.29) is 0 Å². The minimum absolute atomic E-state index is 0.349. The molecule has 2 heterocycles. The number of likely N-dealkylation sites (N-methyl/N-ethyl adjacent to an activating group) is 1. The normalized spacial score (nSPS) is 21.2. The largest absolute Gasteiger partial charge is 0.506 e. The van der Waals surface area contributed by atoms with Crippen molar-refractivity contribution in [3.63, 3.8) is 0 Å². The molecule has 1 aliphatic rings. The molecule has 0 saturated carbocycles. The van der Waals surface area contributed by atoms with E-state index in [1.165, 1.54) is 16.6 Å². The van der Waals surface area contributed by atoms with Gasteiger partial charge in [-0.1, -0.05) is 12.1 Å². The summed E-state index contributed by atoms with van der Waals surface area (Å²) in [5.74, 6) is 0.349. The Morgan fingerprint density at radius 3 is 3.06 bits per heavy atom. The van der Waals surface area contributed by atoms with Crippen molar-refractivity contribution in [2.75, 3.05) is 13.6 Å². The summed E-state index contributed by atoms with van der Waals surface area (Å²) in [6.45, 7) is 3.28. The van der Waals surface area contributed by atoms with Crippen molar-refractivity contribution in [2.24, 2.45) is 0 Å². The molecule has 1 atom stereocenters. The van der Waals surface area contributed by atoms with Crippen molar-refractivity contribution in [1.29, 1.82) is 0 Å². The van der Waals surface area contributed by atoms with E-state index in [0.717, 1.165) is 18.5 Å². The molecule has 1 aromatic carbocycles. The Bertz CT molecular complexity index is 544. The Labute approximate surface area is 94.7 Å². The van der Waals surface area contributed by atoms with Gasteiger partial charge in [0, 0.05) is 23.7 Å². The first-order chi connectivity index (χ1) is 7.68. The first kappa shape index (κ1) is 9.73. The summed E-state index contributed by atoms with van der Waals surface area (Å²) in [6.07, 6.45) is 1.06. The summed E-state index contributed by atoms with van der Waals surface area (Å²) in [7, 11) is 2.14. The highest BCUT2D eigenvalue weighted by Gasteiger charge is 2.25.